The second-order valence-electron chi connectivity index (χ2n) is 5.78. The SMILES string of the molecule is Cc1nn(C(C)(C)C)c(C)c1C1(N)CC1. The first-order chi connectivity index (χ1) is 6.76. The second-order valence-corrected chi connectivity index (χ2v) is 5.78. The molecule has 1 saturated carbocycles. The number of aromatic nitrogens is 2. The molecule has 0 spiro atoms. The summed E-state index contributed by atoms with van der Waals surface area (Å²) >= 11 is 0. The van der Waals surface area contributed by atoms with E-state index in [0.717, 1.165) is 18.5 Å². The maximum Gasteiger partial charge on any atom is 0.0647 e. The molecule has 0 saturated heterocycles. The third kappa shape index (κ3) is 1.59. The Morgan fingerprint density at radius 3 is 2.13 bits per heavy atom. The van der Waals surface area contributed by atoms with Crippen molar-refractivity contribution in [1.29, 1.82) is 0 Å². The lowest BCUT2D eigenvalue weighted by Gasteiger charge is -2.22. The van der Waals surface area contributed by atoms with Crippen LogP contribution in [0, 0.1) is 13.8 Å². The van der Waals surface area contributed by atoms with Crippen molar-refractivity contribution in [1.82, 2.24) is 9.78 Å². The molecule has 0 unspecified atom stereocenters. The zero-order valence-electron chi connectivity index (χ0n) is 10.4. The van der Waals surface area contributed by atoms with Crippen molar-refractivity contribution in [2.24, 2.45) is 5.73 Å². The summed E-state index contributed by atoms with van der Waals surface area (Å²) in [5, 5.41) is 4.62. The minimum atomic E-state index is -0.0718. The van der Waals surface area contributed by atoms with Gasteiger partial charge in [0.05, 0.1) is 11.2 Å². The fourth-order valence-corrected chi connectivity index (χ4v) is 2.40. The average Bonchev–Trinajstić information content (AvgIpc) is 2.69. The van der Waals surface area contributed by atoms with E-state index in [1.54, 1.807) is 0 Å². The molecular formula is C12H21N3. The zero-order valence-corrected chi connectivity index (χ0v) is 10.4. The predicted molar refractivity (Wildman–Crippen MR) is 61.8 cm³/mol. The smallest absolute Gasteiger partial charge is 0.0647 e. The number of hydrogen-bond acceptors (Lipinski definition) is 2. The summed E-state index contributed by atoms with van der Waals surface area (Å²) in [6.45, 7) is 10.7. The first kappa shape index (κ1) is 10.7. The Kier molecular flexibility index (Phi) is 2.03. The van der Waals surface area contributed by atoms with Crippen LogP contribution in [0.3, 0.4) is 0 Å². The zero-order chi connectivity index (χ0) is 11.4. The number of nitrogens with zero attached hydrogens (tertiary/aromatic N) is 2. The van der Waals surface area contributed by atoms with Gasteiger partial charge in [-0.25, -0.2) is 0 Å². The molecule has 0 aromatic carbocycles. The Morgan fingerprint density at radius 1 is 1.27 bits per heavy atom. The van der Waals surface area contributed by atoms with Gasteiger partial charge < -0.3 is 5.73 Å². The van der Waals surface area contributed by atoms with Crippen LogP contribution in [0.25, 0.3) is 0 Å². The first-order valence-electron chi connectivity index (χ1n) is 5.62. The van der Waals surface area contributed by atoms with Gasteiger partial charge in [0, 0.05) is 16.8 Å². The summed E-state index contributed by atoms with van der Waals surface area (Å²) in [7, 11) is 0. The average molecular weight is 207 g/mol. The van der Waals surface area contributed by atoms with E-state index in [0.29, 0.717) is 0 Å². The van der Waals surface area contributed by atoms with E-state index in [1.807, 2.05) is 0 Å². The molecule has 1 aromatic heterocycles. The fourth-order valence-electron chi connectivity index (χ4n) is 2.40. The highest BCUT2D eigenvalue weighted by Crippen LogP contribution is 2.45. The van der Waals surface area contributed by atoms with Gasteiger partial charge in [-0.1, -0.05) is 0 Å². The van der Waals surface area contributed by atoms with Crippen LogP contribution >= 0.6 is 0 Å². The summed E-state index contributed by atoms with van der Waals surface area (Å²) in [6, 6.07) is 0. The summed E-state index contributed by atoms with van der Waals surface area (Å²) in [6.07, 6.45) is 2.20. The Hall–Kier alpha value is -0.830. The van der Waals surface area contributed by atoms with Crippen LogP contribution in [0.15, 0.2) is 0 Å². The molecule has 1 aliphatic carbocycles. The van der Waals surface area contributed by atoms with Crippen LogP contribution in [-0.2, 0) is 11.1 Å². The van der Waals surface area contributed by atoms with Crippen molar-refractivity contribution in [3.63, 3.8) is 0 Å². The van der Waals surface area contributed by atoms with E-state index in [-0.39, 0.29) is 11.1 Å². The molecule has 0 atom stereocenters. The minimum absolute atomic E-state index is 0.0400. The molecule has 84 valence electrons. The molecule has 2 rings (SSSR count). The van der Waals surface area contributed by atoms with Crippen LogP contribution < -0.4 is 5.73 Å². The second kappa shape index (κ2) is 2.85. The van der Waals surface area contributed by atoms with Gasteiger partial charge in [-0.15, -0.1) is 0 Å². The Balaban J connectivity index is 2.54. The van der Waals surface area contributed by atoms with Gasteiger partial charge in [0.1, 0.15) is 0 Å². The van der Waals surface area contributed by atoms with Gasteiger partial charge in [-0.3, -0.25) is 4.68 Å². The summed E-state index contributed by atoms with van der Waals surface area (Å²) in [5.74, 6) is 0. The van der Waals surface area contributed by atoms with E-state index in [9.17, 15) is 0 Å². The molecule has 1 fully saturated rings. The van der Waals surface area contributed by atoms with Crippen molar-refractivity contribution in [2.75, 3.05) is 0 Å². The largest absolute Gasteiger partial charge is 0.321 e. The lowest BCUT2D eigenvalue weighted by Crippen LogP contribution is -2.26. The lowest BCUT2D eigenvalue weighted by atomic mass is 10.0. The molecule has 0 bridgehead atoms. The Bertz CT molecular complexity index is 392. The Morgan fingerprint density at radius 2 is 1.80 bits per heavy atom. The van der Waals surface area contributed by atoms with E-state index in [4.69, 9.17) is 5.73 Å². The van der Waals surface area contributed by atoms with E-state index in [1.165, 1.54) is 11.3 Å². The molecule has 1 heterocycles. The highest BCUT2D eigenvalue weighted by molar-refractivity contribution is 5.37. The van der Waals surface area contributed by atoms with Gasteiger partial charge in [0.2, 0.25) is 0 Å². The molecule has 1 aliphatic rings. The van der Waals surface area contributed by atoms with E-state index < -0.39 is 0 Å². The molecule has 0 amide bonds. The van der Waals surface area contributed by atoms with Gasteiger partial charge in [0.15, 0.2) is 0 Å². The standard InChI is InChI=1S/C12H21N3/c1-8-10(12(13)6-7-12)9(2)15(14-8)11(3,4)5/h6-7,13H2,1-5H3. The number of nitrogens with two attached hydrogens (primary N) is 1. The third-order valence-corrected chi connectivity index (χ3v) is 3.21. The van der Waals surface area contributed by atoms with Crippen LogP contribution in [-0.4, -0.2) is 9.78 Å². The quantitative estimate of drug-likeness (QED) is 0.767. The highest BCUT2D eigenvalue weighted by Gasteiger charge is 2.44. The van der Waals surface area contributed by atoms with E-state index in [2.05, 4.69) is 44.4 Å². The summed E-state index contributed by atoms with van der Waals surface area (Å²) < 4.78 is 2.10. The van der Waals surface area contributed by atoms with Crippen LogP contribution in [0.2, 0.25) is 0 Å². The normalized spacial score (nSPS) is 19.3. The Labute approximate surface area is 91.7 Å². The molecule has 2 N–H and O–H groups in total. The molecular weight excluding hydrogens is 186 g/mol. The molecule has 3 heteroatoms. The van der Waals surface area contributed by atoms with Gasteiger partial charge in [-0.2, -0.15) is 5.10 Å². The highest BCUT2D eigenvalue weighted by atomic mass is 15.3. The third-order valence-electron chi connectivity index (χ3n) is 3.21. The number of hydrogen-bond donors (Lipinski definition) is 1. The van der Waals surface area contributed by atoms with Crippen LogP contribution in [0.1, 0.15) is 50.6 Å². The monoisotopic (exact) mass is 207 g/mol. The van der Waals surface area contributed by atoms with Crippen molar-refractivity contribution in [3.05, 3.63) is 17.0 Å². The molecule has 1 aromatic rings. The fraction of sp³-hybridized carbons (Fsp3) is 0.750. The topological polar surface area (TPSA) is 43.8 Å². The number of aryl methyl sites for hydroxylation is 1. The van der Waals surface area contributed by atoms with E-state index >= 15 is 0 Å². The maximum atomic E-state index is 6.27. The van der Waals surface area contributed by atoms with Gasteiger partial charge >= 0.3 is 0 Å². The maximum absolute atomic E-state index is 6.27. The molecule has 0 radical (unpaired) electrons. The van der Waals surface area contributed by atoms with Crippen LogP contribution in [0.5, 0.6) is 0 Å². The molecule has 0 aliphatic heterocycles. The minimum Gasteiger partial charge on any atom is -0.321 e. The first-order valence-corrected chi connectivity index (χ1v) is 5.62. The molecule has 3 nitrogen and oxygen atoms in total. The number of rotatable bonds is 1. The van der Waals surface area contributed by atoms with Crippen molar-refractivity contribution < 1.29 is 0 Å². The van der Waals surface area contributed by atoms with Crippen LogP contribution in [0.4, 0.5) is 0 Å². The summed E-state index contributed by atoms with van der Waals surface area (Å²) in [5.41, 5.74) is 9.85. The summed E-state index contributed by atoms with van der Waals surface area (Å²) in [4.78, 5) is 0. The van der Waals surface area contributed by atoms with Crippen molar-refractivity contribution in [3.8, 4) is 0 Å². The van der Waals surface area contributed by atoms with Gasteiger partial charge in [-0.05, 0) is 47.5 Å². The molecule has 15 heavy (non-hydrogen) atoms. The van der Waals surface area contributed by atoms with Crippen molar-refractivity contribution >= 4 is 0 Å². The van der Waals surface area contributed by atoms with Crippen molar-refractivity contribution in [2.45, 2.75) is 58.5 Å². The van der Waals surface area contributed by atoms with Gasteiger partial charge in [0.25, 0.3) is 0 Å². The lowest BCUT2D eigenvalue weighted by molar-refractivity contribution is 0.346. The predicted octanol–water partition coefficient (Wildman–Crippen LogP) is 2.20.